The zero-order valence-corrected chi connectivity index (χ0v) is 19.7. The van der Waals surface area contributed by atoms with E-state index in [2.05, 4.69) is 15.3 Å². The van der Waals surface area contributed by atoms with Gasteiger partial charge in [-0.15, -0.1) is 0 Å². The Morgan fingerprint density at radius 3 is 2.49 bits per heavy atom. The maximum Gasteiger partial charge on any atom is 0.319 e. The number of ether oxygens (including phenoxy) is 3. The lowest BCUT2D eigenvalue weighted by Gasteiger charge is -2.14. The van der Waals surface area contributed by atoms with Crippen molar-refractivity contribution >= 4 is 28.5 Å². The van der Waals surface area contributed by atoms with Gasteiger partial charge < -0.3 is 24.6 Å². The molecule has 0 atom stereocenters. The van der Waals surface area contributed by atoms with Crippen molar-refractivity contribution in [3.63, 3.8) is 0 Å². The quantitative estimate of drug-likeness (QED) is 0.308. The number of nitrogens with one attached hydrogen (secondary N) is 1. The van der Waals surface area contributed by atoms with Crippen LogP contribution in [0.3, 0.4) is 0 Å². The Morgan fingerprint density at radius 2 is 1.81 bits per heavy atom. The van der Waals surface area contributed by atoms with Gasteiger partial charge in [-0.2, -0.15) is 0 Å². The molecule has 0 aliphatic heterocycles. The van der Waals surface area contributed by atoms with Crippen LogP contribution in [0, 0.1) is 11.2 Å². The van der Waals surface area contributed by atoms with Gasteiger partial charge in [-0.3, -0.25) is 9.59 Å². The Balaban J connectivity index is 1.36. The van der Waals surface area contributed by atoms with Gasteiger partial charge in [0.2, 0.25) is 11.8 Å². The molecule has 37 heavy (non-hydrogen) atoms. The van der Waals surface area contributed by atoms with Gasteiger partial charge in [-0.1, -0.05) is 30.3 Å². The predicted molar refractivity (Wildman–Crippen MR) is 131 cm³/mol. The first-order valence-corrected chi connectivity index (χ1v) is 11.4. The zero-order valence-electron chi connectivity index (χ0n) is 19.7. The summed E-state index contributed by atoms with van der Waals surface area (Å²) in [6.45, 7) is 0.332. The number of carbonyl (C=O) groups excluding carboxylic acids is 1. The Kier molecular flexibility index (Phi) is 6.31. The first-order chi connectivity index (χ1) is 17.9. The zero-order chi connectivity index (χ0) is 26.0. The molecule has 1 fully saturated rings. The summed E-state index contributed by atoms with van der Waals surface area (Å²) in [4.78, 5) is 32.0. The third-order valence-corrected chi connectivity index (χ3v) is 6.11. The van der Waals surface area contributed by atoms with Crippen LogP contribution in [0.4, 0.5) is 10.1 Å². The minimum atomic E-state index is -1.44. The molecule has 5 rings (SSSR count). The number of hydrogen-bond acceptors (Lipinski definition) is 7. The highest BCUT2D eigenvalue weighted by atomic mass is 19.1. The average molecular weight is 503 g/mol. The van der Waals surface area contributed by atoms with E-state index in [9.17, 15) is 19.1 Å². The molecule has 3 aromatic carbocycles. The summed E-state index contributed by atoms with van der Waals surface area (Å²) in [5, 5.41) is 12.2. The highest BCUT2D eigenvalue weighted by Gasteiger charge is 2.57. The van der Waals surface area contributed by atoms with Gasteiger partial charge >= 0.3 is 5.97 Å². The van der Waals surface area contributed by atoms with E-state index in [0.717, 1.165) is 11.6 Å². The number of carboxylic acids is 1. The summed E-state index contributed by atoms with van der Waals surface area (Å²) in [6, 6.07) is 16.8. The molecule has 0 spiro atoms. The molecule has 4 aromatic rings. The lowest BCUT2D eigenvalue weighted by Crippen LogP contribution is -2.31. The molecule has 1 amide bonds. The molecule has 0 radical (unpaired) electrons. The van der Waals surface area contributed by atoms with Crippen molar-refractivity contribution in [3.8, 4) is 23.1 Å². The number of rotatable bonds is 9. The molecular weight excluding hydrogens is 481 g/mol. The number of aromatic nitrogens is 2. The van der Waals surface area contributed by atoms with Gasteiger partial charge in [0, 0.05) is 17.8 Å². The number of anilines is 1. The minimum absolute atomic E-state index is 0.0939. The smallest absolute Gasteiger partial charge is 0.319 e. The fourth-order valence-electron chi connectivity index (χ4n) is 3.81. The number of halogens is 1. The second-order valence-electron chi connectivity index (χ2n) is 8.56. The highest BCUT2D eigenvalue weighted by Crippen LogP contribution is 2.47. The van der Waals surface area contributed by atoms with Crippen LogP contribution < -0.4 is 19.5 Å². The Labute approximate surface area is 210 Å². The molecule has 1 heterocycles. The normalized spacial score (nSPS) is 13.6. The number of amides is 1. The molecule has 1 aliphatic rings. The molecule has 0 saturated heterocycles. The first kappa shape index (κ1) is 24.0. The van der Waals surface area contributed by atoms with Gasteiger partial charge in [0.25, 0.3) is 0 Å². The summed E-state index contributed by atoms with van der Waals surface area (Å²) in [6.07, 6.45) is 1.79. The predicted octanol–water partition coefficient (Wildman–Crippen LogP) is 4.95. The van der Waals surface area contributed by atoms with E-state index in [1.165, 1.54) is 25.6 Å². The number of carboxylic acid groups (broad SMARTS) is 1. The SMILES string of the molecule is COc1cc2c(Oc3ccc(NC(=O)C4(C(=O)O)CC4)cc3F)ncnc2cc1OCc1ccccc1. The van der Waals surface area contributed by atoms with Crippen LogP contribution in [0.2, 0.25) is 0 Å². The van der Waals surface area contributed by atoms with Gasteiger partial charge in [0.1, 0.15) is 18.3 Å². The first-order valence-electron chi connectivity index (χ1n) is 11.4. The van der Waals surface area contributed by atoms with E-state index in [-0.39, 0.29) is 30.2 Å². The van der Waals surface area contributed by atoms with Crippen molar-refractivity contribution in [3.05, 3.63) is 78.4 Å². The van der Waals surface area contributed by atoms with Crippen LogP contribution >= 0.6 is 0 Å². The number of aliphatic carboxylic acids is 1. The maximum absolute atomic E-state index is 14.8. The molecular formula is C27H22FN3O6. The largest absolute Gasteiger partial charge is 0.493 e. The Bertz CT molecular complexity index is 1490. The molecule has 188 valence electrons. The molecule has 2 N–H and O–H groups in total. The fraction of sp³-hybridized carbons (Fsp3) is 0.185. The van der Waals surface area contributed by atoms with Crippen LogP contribution in [0.25, 0.3) is 10.9 Å². The monoisotopic (exact) mass is 503 g/mol. The van der Waals surface area contributed by atoms with Crippen LogP contribution in [0.15, 0.2) is 67.0 Å². The Hall–Kier alpha value is -4.73. The van der Waals surface area contributed by atoms with Gasteiger partial charge in [-0.05, 0) is 36.6 Å². The maximum atomic E-state index is 14.8. The van der Waals surface area contributed by atoms with Crippen molar-refractivity contribution in [2.75, 3.05) is 12.4 Å². The highest BCUT2D eigenvalue weighted by molar-refractivity contribution is 6.10. The summed E-state index contributed by atoms with van der Waals surface area (Å²) < 4.78 is 32.0. The topological polar surface area (TPSA) is 120 Å². The number of methoxy groups -OCH3 is 1. The minimum Gasteiger partial charge on any atom is -0.493 e. The summed E-state index contributed by atoms with van der Waals surface area (Å²) in [5.41, 5.74) is 0.175. The second-order valence-corrected chi connectivity index (χ2v) is 8.56. The van der Waals surface area contributed by atoms with Crippen LogP contribution in [0.1, 0.15) is 18.4 Å². The fourth-order valence-corrected chi connectivity index (χ4v) is 3.81. The third-order valence-electron chi connectivity index (χ3n) is 6.11. The standard InChI is InChI=1S/C27H22FN3O6/c1-35-22-12-18-20(13-23(22)36-14-16-5-3-2-4-6-16)29-15-30-24(18)37-21-8-7-17(11-19(21)28)31-25(32)27(9-10-27)26(33)34/h2-8,11-13,15H,9-10,14H2,1H3,(H,31,32)(H,33,34). The van der Waals surface area contributed by atoms with E-state index in [0.29, 0.717) is 29.0 Å². The van der Waals surface area contributed by atoms with Crippen molar-refractivity contribution in [1.82, 2.24) is 9.97 Å². The summed E-state index contributed by atoms with van der Waals surface area (Å²) in [7, 11) is 1.50. The number of nitrogens with zero attached hydrogens (tertiary/aromatic N) is 2. The molecule has 10 heteroatoms. The number of fused-ring (bicyclic) bond motifs is 1. The van der Waals surface area contributed by atoms with Gasteiger partial charge in [0.05, 0.1) is 18.0 Å². The van der Waals surface area contributed by atoms with E-state index in [1.807, 2.05) is 30.3 Å². The second kappa shape index (κ2) is 9.73. The lowest BCUT2D eigenvalue weighted by molar-refractivity contribution is -0.147. The number of hydrogen-bond donors (Lipinski definition) is 2. The average Bonchev–Trinajstić information content (AvgIpc) is 3.72. The lowest BCUT2D eigenvalue weighted by atomic mass is 10.1. The molecule has 0 unspecified atom stereocenters. The van der Waals surface area contributed by atoms with E-state index in [1.54, 1.807) is 12.1 Å². The Morgan fingerprint density at radius 1 is 1.03 bits per heavy atom. The van der Waals surface area contributed by atoms with Crippen molar-refractivity contribution in [2.24, 2.45) is 5.41 Å². The van der Waals surface area contributed by atoms with Crippen LogP contribution in [-0.4, -0.2) is 34.1 Å². The van der Waals surface area contributed by atoms with Gasteiger partial charge in [-0.25, -0.2) is 14.4 Å². The van der Waals surface area contributed by atoms with Crippen molar-refractivity contribution < 1.29 is 33.3 Å². The number of benzene rings is 3. The van der Waals surface area contributed by atoms with Crippen molar-refractivity contribution in [1.29, 1.82) is 0 Å². The molecule has 1 saturated carbocycles. The van der Waals surface area contributed by atoms with Crippen LogP contribution in [-0.2, 0) is 16.2 Å². The van der Waals surface area contributed by atoms with Crippen molar-refractivity contribution in [2.45, 2.75) is 19.4 Å². The van der Waals surface area contributed by atoms with E-state index < -0.39 is 23.1 Å². The van der Waals surface area contributed by atoms with Gasteiger partial charge in [0.15, 0.2) is 23.1 Å². The molecule has 1 aliphatic carbocycles. The summed E-state index contributed by atoms with van der Waals surface area (Å²) in [5.74, 6) is -1.77. The molecule has 1 aromatic heterocycles. The number of carbonyl (C=O) groups is 2. The van der Waals surface area contributed by atoms with Crippen LogP contribution in [0.5, 0.6) is 23.1 Å². The molecule has 0 bridgehead atoms. The van der Waals surface area contributed by atoms with E-state index in [4.69, 9.17) is 14.2 Å². The molecule has 9 nitrogen and oxygen atoms in total. The third kappa shape index (κ3) is 4.86. The summed E-state index contributed by atoms with van der Waals surface area (Å²) >= 11 is 0. The van der Waals surface area contributed by atoms with E-state index >= 15 is 0 Å².